The second kappa shape index (κ2) is 4.86. The highest BCUT2D eigenvalue weighted by molar-refractivity contribution is 7.99. The lowest BCUT2D eigenvalue weighted by Gasteiger charge is -2.38. The molecule has 0 aliphatic carbocycles. The van der Waals surface area contributed by atoms with E-state index >= 15 is 0 Å². The molecule has 1 N–H and O–H groups in total. The van der Waals surface area contributed by atoms with Gasteiger partial charge in [0.05, 0.1) is 5.60 Å². The van der Waals surface area contributed by atoms with E-state index in [4.69, 9.17) is 0 Å². The number of aliphatic hydroxyl groups is 1. The molecule has 2 nitrogen and oxygen atoms in total. The van der Waals surface area contributed by atoms with Gasteiger partial charge in [0.25, 0.3) is 0 Å². The van der Waals surface area contributed by atoms with Crippen LogP contribution >= 0.6 is 11.8 Å². The van der Waals surface area contributed by atoms with Gasteiger partial charge in [0.15, 0.2) is 0 Å². The molecule has 0 aromatic carbocycles. The van der Waals surface area contributed by atoms with Gasteiger partial charge in [-0.3, -0.25) is 0 Å². The van der Waals surface area contributed by atoms with E-state index in [0.717, 1.165) is 30.9 Å². The van der Waals surface area contributed by atoms with Crippen LogP contribution in [0.5, 0.6) is 0 Å². The molecular formula is C11H21NOS. The molecule has 0 bridgehead atoms. The summed E-state index contributed by atoms with van der Waals surface area (Å²) in [5.41, 5.74) is -0.359. The summed E-state index contributed by atoms with van der Waals surface area (Å²) in [4.78, 5) is 2.46. The van der Waals surface area contributed by atoms with Gasteiger partial charge >= 0.3 is 0 Å². The molecule has 14 heavy (non-hydrogen) atoms. The Hall–Kier alpha value is 0.270. The van der Waals surface area contributed by atoms with Gasteiger partial charge in [-0.2, -0.15) is 11.8 Å². The third-order valence-electron chi connectivity index (χ3n) is 3.39. The smallest absolute Gasteiger partial charge is 0.0789 e. The summed E-state index contributed by atoms with van der Waals surface area (Å²) in [6.45, 7) is 3.33. The first-order chi connectivity index (χ1) is 6.79. The van der Waals surface area contributed by atoms with E-state index in [9.17, 15) is 5.11 Å². The first kappa shape index (κ1) is 10.8. The van der Waals surface area contributed by atoms with Crippen LogP contribution in [-0.2, 0) is 0 Å². The van der Waals surface area contributed by atoms with Crippen molar-refractivity contribution in [3.05, 3.63) is 0 Å². The van der Waals surface area contributed by atoms with Crippen LogP contribution in [0.3, 0.4) is 0 Å². The molecule has 2 aliphatic rings. The molecule has 3 heteroatoms. The Bertz CT molecular complexity index is 174. The van der Waals surface area contributed by atoms with Crippen molar-refractivity contribution in [3.63, 3.8) is 0 Å². The normalized spacial score (nSPS) is 28.9. The Morgan fingerprint density at radius 3 is 2.36 bits per heavy atom. The molecule has 2 saturated heterocycles. The summed E-state index contributed by atoms with van der Waals surface area (Å²) in [5, 5.41) is 10.4. The molecule has 0 atom stereocenters. The molecular weight excluding hydrogens is 194 g/mol. The van der Waals surface area contributed by atoms with Crippen LogP contribution in [0.25, 0.3) is 0 Å². The Kier molecular flexibility index (Phi) is 3.74. The highest BCUT2D eigenvalue weighted by Crippen LogP contribution is 2.28. The highest BCUT2D eigenvalue weighted by atomic mass is 32.2. The number of thioether (sulfide) groups is 1. The van der Waals surface area contributed by atoms with E-state index in [-0.39, 0.29) is 5.60 Å². The summed E-state index contributed by atoms with van der Waals surface area (Å²) >= 11 is 1.98. The van der Waals surface area contributed by atoms with Crippen molar-refractivity contribution in [1.29, 1.82) is 0 Å². The van der Waals surface area contributed by atoms with Crippen LogP contribution in [0.2, 0.25) is 0 Å². The minimum absolute atomic E-state index is 0.359. The third-order valence-corrected chi connectivity index (χ3v) is 4.38. The lowest BCUT2D eigenvalue weighted by atomic mass is 9.95. The molecule has 2 rings (SSSR count). The minimum atomic E-state index is -0.359. The van der Waals surface area contributed by atoms with Crippen LogP contribution < -0.4 is 0 Å². The standard InChI is InChI=1S/C11H21NOS/c13-11(4-8-14-9-5-11)10-12-6-2-1-3-7-12/h13H,1-10H2. The maximum absolute atomic E-state index is 10.4. The van der Waals surface area contributed by atoms with Crippen LogP contribution in [0.15, 0.2) is 0 Å². The van der Waals surface area contributed by atoms with E-state index in [1.165, 1.54) is 32.4 Å². The van der Waals surface area contributed by atoms with Gasteiger partial charge in [-0.05, 0) is 50.3 Å². The maximum atomic E-state index is 10.4. The number of likely N-dealkylation sites (tertiary alicyclic amines) is 1. The van der Waals surface area contributed by atoms with E-state index in [1.54, 1.807) is 0 Å². The predicted molar refractivity (Wildman–Crippen MR) is 61.8 cm³/mol. The van der Waals surface area contributed by atoms with Gasteiger partial charge < -0.3 is 10.0 Å². The lowest BCUT2D eigenvalue weighted by Crippen LogP contribution is -2.47. The van der Waals surface area contributed by atoms with Crippen molar-refractivity contribution in [2.45, 2.75) is 37.7 Å². The second-order valence-corrected chi connectivity index (χ2v) is 5.90. The fraction of sp³-hybridized carbons (Fsp3) is 1.00. The monoisotopic (exact) mass is 215 g/mol. The Balaban J connectivity index is 1.81. The molecule has 82 valence electrons. The molecule has 0 aromatic heterocycles. The number of hydrogen-bond donors (Lipinski definition) is 1. The Morgan fingerprint density at radius 1 is 1.07 bits per heavy atom. The molecule has 0 amide bonds. The van der Waals surface area contributed by atoms with Crippen LogP contribution in [0.4, 0.5) is 0 Å². The largest absolute Gasteiger partial charge is 0.388 e. The predicted octanol–water partition coefficient (Wildman–Crippen LogP) is 1.73. The highest BCUT2D eigenvalue weighted by Gasteiger charge is 2.31. The summed E-state index contributed by atoms with van der Waals surface area (Å²) < 4.78 is 0. The average Bonchev–Trinajstić information content (AvgIpc) is 2.19. The lowest BCUT2D eigenvalue weighted by molar-refractivity contribution is -0.00788. The van der Waals surface area contributed by atoms with Crippen LogP contribution in [0.1, 0.15) is 32.1 Å². The molecule has 0 saturated carbocycles. The Labute approximate surface area is 91.1 Å². The number of nitrogens with zero attached hydrogens (tertiary/aromatic N) is 1. The third kappa shape index (κ3) is 2.88. The van der Waals surface area contributed by atoms with Crippen molar-refractivity contribution in [2.24, 2.45) is 0 Å². The molecule has 0 radical (unpaired) electrons. The molecule has 0 unspecified atom stereocenters. The van der Waals surface area contributed by atoms with Crippen LogP contribution in [0, 0.1) is 0 Å². The van der Waals surface area contributed by atoms with Crippen molar-refractivity contribution in [1.82, 2.24) is 4.90 Å². The van der Waals surface area contributed by atoms with Crippen LogP contribution in [-0.4, -0.2) is 46.7 Å². The van der Waals surface area contributed by atoms with E-state index in [0.29, 0.717) is 0 Å². The van der Waals surface area contributed by atoms with Crippen molar-refractivity contribution < 1.29 is 5.11 Å². The molecule has 0 aromatic rings. The maximum Gasteiger partial charge on any atom is 0.0789 e. The number of rotatable bonds is 2. The average molecular weight is 215 g/mol. The van der Waals surface area contributed by atoms with Crippen molar-refractivity contribution in [3.8, 4) is 0 Å². The summed E-state index contributed by atoms with van der Waals surface area (Å²) in [6, 6.07) is 0. The first-order valence-electron chi connectivity index (χ1n) is 5.81. The number of hydrogen-bond acceptors (Lipinski definition) is 3. The zero-order valence-corrected chi connectivity index (χ0v) is 9.69. The Morgan fingerprint density at radius 2 is 1.71 bits per heavy atom. The fourth-order valence-electron chi connectivity index (χ4n) is 2.44. The molecule has 2 aliphatic heterocycles. The van der Waals surface area contributed by atoms with E-state index < -0.39 is 0 Å². The van der Waals surface area contributed by atoms with E-state index in [2.05, 4.69) is 4.90 Å². The zero-order chi connectivity index (χ0) is 9.86. The van der Waals surface area contributed by atoms with Gasteiger partial charge in [-0.1, -0.05) is 6.42 Å². The summed E-state index contributed by atoms with van der Waals surface area (Å²) in [7, 11) is 0. The molecule has 2 fully saturated rings. The second-order valence-electron chi connectivity index (χ2n) is 4.67. The summed E-state index contributed by atoms with van der Waals surface area (Å²) in [6.07, 6.45) is 6.02. The number of piperidine rings is 1. The van der Waals surface area contributed by atoms with Gasteiger partial charge in [-0.15, -0.1) is 0 Å². The first-order valence-corrected chi connectivity index (χ1v) is 6.97. The molecule has 2 heterocycles. The quantitative estimate of drug-likeness (QED) is 0.759. The van der Waals surface area contributed by atoms with E-state index in [1.807, 2.05) is 11.8 Å². The van der Waals surface area contributed by atoms with Gasteiger partial charge in [0.2, 0.25) is 0 Å². The SMILES string of the molecule is OC1(CN2CCCCC2)CCSCC1. The topological polar surface area (TPSA) is 23.5 Å². The molecule has 0 spiro atoms. The van der Waals surface area contributed by atoms with Crippen molar-refractivity contribution in [2.75, 3.05) is 31.1 Å². The van der Waals surface area contributed by atoms with Gasteiger partial charge in [-0.25, -0.2) is 0 Å². The van der Waals surface area contributed by atoms with Gasteiger partial charge in [0.1, 0.15) is 0 Å². The fourth-order valence-corrected chi connectivity index (χ4v) is 3.70. The zero-order valence-electron chi connectivity index (χ0n) is 8.87. The van der Waals surface area contributed by atoms with Gasteiger partial charge in [0, 0.05) is 6.54 Å². The summed E-state index contributed by atoms with van der Waals surface area (Å²) in [5.74, 6) is 2.29. The minimum Gasteiger partial charge on any atom is -0.388 e. The van der Waals surface area contributed by atoms with Crippen molar-refractivity contribution >= 4 is 11.8 Å². The number of β-amino-alcohol motifs (C(OH)–C–C–N with tert-alkyl or cyclic N) is 1.